The van der Waals surface area contributed by atoms with Crippen molar-refractivity contribution in [2.75, 3.05) is 0 Å². The van der Waals surface area contributed by atoms with Crippen molar-refractivity contribution < 1.29 is 5.11 Å². The van der Waals surface area contributed by atoms with Gasteiger partial charge in [-0.1, -0.05) is 38.1 Å². The molecule has 0 bridgehead atoms. The highest BCUT2D eigenvalue weighted by molar-refractivity contribution is 5.72. The van der Waals surface area contributed by atoms with Gasteiger partial charge in [0.2, 0.25) is 0 Å². The molecule has 0 atom stereocenters. The molecular weight excluding hydrogens is 220 g/mol. The van der Waals surface area contributed by atoms with Crippen molar-refractivity contribution in [3.8, 4) is 16.9 Å². The molecule has 0 saturated carbocycles. The molecule has 0 unspecified atom stereocenters. The second-order valence-electron chi connectivity index (χ2n) is 4.66. The maximum Gasteiger partial charge on any atom is 0.118 e. The van der Waals surface area contributed by atoms with E-state index >= 15 is 0 Å². The van der Waals surface area contributed by atoms with Gasteiger partial charge in [0.05, 0.1) is 0 Å². The van der Waals surface area contributed by atoms with E-state index in [1.54, 1.807) is 6.07 Å². The lowest BCUT2D eigenvalue weighted by atomic mass is 9.91. The van der Waals surface area contributed by atoms with Gasteiger partial charge in [-0.25, -0.2) is 0 Å². The molecule has 0 heterocycles. The van der Waals surface area contributed by atoms with Crippen molar-refractivity contribution in [1.82, 2.24) is 0 Å². The van der Waals surface area contributed by atoms with Gasteiger partial charge in [0.15, 0.2) is 0 Å². The van der Waals surface area contributed by atoms with Crippen molar-refractivity contribution in [2.24, 2.45) is 0 Å². The Balaban J connectivity index is 2.64. The minimum Gasteiger partial charge on any atom is -0.508 e. The van der Waals surface area contributed by atoms with Crippen LogP contribution in [-0.4, -0.2) is 5.11 Å². The molecule has 2 aromatic rings. The Morgan fingerprint density at radius 1 is 0.944 bits per heavy atom. The van der Waals surface area contributed by atoms with Crippen molar-refractivity contribution in [3.05, 3.63) is 53.1 Å². The molecule has 0 aromatic heterocycles. The SMILES string of the molecule is CCc1cccc(CC)c1-c1ccc(O)c(C)c1. The minimum absolute atomic E-state index is 0.366. The van der Waals surface area contributed by atoms with E-state index in [1.807, 2.05) is 13.0 Å². The lowest BCUT2D eigenvalue weighted by Gasteiger charge is -2.14. The average Bonchev–Trinajstić information content (AvgIpc) is 2.41. The number of aryl methyl sites for hydroxylation is 3. The zero-order valence-corrected chi connectivity index (χ0v) is 11.3. The van der Waals surface area contributed by atoms with Crippen molar-refractivity contribution in [1.29, 1.82) is 0 Å². The predicted octanol–water partition coefficient (Wildman–Crippen LogP) is 4.49. The van der Waals surface area contributed by atoms with Crippen LogP contribution < -0.4 is 0 Å². The number of rotatable bonds is 3. The van der Waals surface area contributed by atoms with E-state index in [-0.39, 0.29) is 0 Å². The molecule has 2 aromatic carbocycles. The van der Waals surface area contributed by atoms with Crippen LogP contribution in [0.4, 0.5) is 0 Å². The topological polar surface area (TPSA) is 20.2 Å². The summed E-state index contributed by atoms with van der Waals surface area (Å²) in [6.45, 7) is 6.32. The molecule has 0 aliphatic heterocycles. The van der Waals surface area contributed by atoms with Crippen molar-refractivity contribution in [3.63, 3.8) is 0 Å². The Hall–Kier alpha value is -1.76. The third-order valence-electron chi connectivity index (χ3n) is 3.48. The number of benzene rings is 2. The molecule has 1 N–H and O–H groups in total. The van der Waals surface area contributed by atoms with Crippen molar-refractivity contribution >= 4 is 0 Å². The highest BCUT2D eigenvalue weighted by Gasteiger charge is 2.09. The van der Waals surface area contributed by atoms with E-state index in [1.165, 1.54) is 22.3 Å². The van der Waals surface area contributed by atoms with Crippen LogP contribution in [-0.2, 0) is 12.8 Å². The van der Waals surface area contributed by atoms with Crippen molar-refractivity contribution in [2.45, 2.75) is 33.6 Å². The summed E-state index contributed by atoms with van der Waals surface area (Å²) >= 11 is 0. The van der Waals surface area contributed by atoms with Crippen LogP contribution >= 0.6 is 0 Å². The maximum absolute atomic E-state index is 9.64. The van der Waals surface area contributed by atoms with E-state index in [0.717, 1.165) is 18.4 Å². The van der Waals surface area contributed by atoms with Gasteiger partial charge in [0.25, 0.3) is 0 Å². The fourth-order valence-electron chi connectivity index (χ4n) is 2.42. The fourth-order valence-corrected chi connectivity index (χ4v) is 2.42. The minimum atomic E-state index is 0.366. The Morgan fingerprint density at radius 3 is 2.06 bits per heavy atom. The summed E-state index contributed by atoms with van der Waals surface area (Å²) in [6.07, 6.45) is 2.06. The zero-order valence-electron chi connectivity index (χ0n) is 11.3. The summed E-state index contributed by atoms with van der Waals surface area (Å²) in [5.74, 6) is 0.366. The summed E-state index contributed by atoms with van der Waals surface area (Å²) in [5, 5.41) is 9.64. The van der Waals surface area contributed by atoms with Gasteiger partial charge in [0, 0.05) is 0 Å². The first-order valence-corrected chi connectivity index (χ1v) is 6.58. The molecule has 1 nitrogen and oxygen atoms in total. The third kappa shape index (κ3) is 2.26. The summed E-state index contributed by atoms with van der Waals surface area (Å²) in [5.41, 5.74) is 6.23. The Labute approximate surface area is 109 Å². The highest BCUT2D eigenvalue weighted by Crippen LogP contribution is 2.31. The molecule has 2 rings (SSSR count). The van der Waals surface area contributed by atoms with Crippen LogP contribution in [0.3, 0.4) is 0 Å². The predicted molar refractivity (Wildman–Crippen MR) is 77.0 cm³/mol. The first kappa shape index (κ1) is 12.7. The smallest absolute Gasteiger partial charge is 0.118 e. The first-order chi connectivity index (χ1) is 8.67. The maximum atomic E-state index is 9.64. The Bertz CT molecular complexity index is 533. The van der Waals surface area contributed by atoms with Crippen LogP contribution in [0, 0.1) is 6.92 Å². The van der Waals surface area contributed by atoms with Gasteiger partial charge in [-0.05, 0) is 59.7 Å². The molecular formula is C17H20O. The number of aromatic hydroxyl groups is 1. The van der Waals surface area contributed by atoms with E-state index in [0.29, 0.717) is 5.75 Å². The van der Waals surface area contributed by atoms with Gasteiger partial charge in [-0.15, -0.1) is 0 Å². The summed E-state index contributed by atoms with van der Waals surface area (Å²) in [6, 6.07) is 12.4. The normalized spacial score (nSPS) is 10.6. The summed E-state index contributed by atoms with van der Waals surface area (Å²) in [7, 11) is 0. The number of hydrogen-bond donors (Lipinski definition) is 1. The van der Waals surface area contributed by atoms with E-state index < -0.39 is 0 Å². The van der Waals surface area contributed by atoms with Gasteiger partial charge in [0.1, 0.15) is 5.75 Å². The molecule has 0 amide bonds. The Kier molecular flexibility index (Phi) is 3.71. The summed E-state index contributed by atoms with van der Waals surface area (Å²) < 4.78 is 0. The number of phenolic OH excluding ortho intramolecular Hbond substituents is 1. The van der Waals surface area contributed by atoms with Gasteiger partial charge in [-0.3, -0.25) is 0 Å². The van der Waals surface area contributed by atoms with Gasteiger partial charge in [-0.2, -0.15) is 0 Å². The van der Waals surface area contributed by atoms with E-state index in [2.05, 4.69) is 38.1 Å². The quantitative estimate of drug-likeness (QED) is 0.838. The lowest BCUT2D eigenvalue weighted by molar-refractivity contribution is 0.471. The average molecular weight is 240 g/mol. The molecule has 0 fully saturated rings. The second-order valence-corrected chi connectivity index (χ2v) is 4.66. The molecule has 18 heavy (non-hydrogen) atoms. The highest BCUT2D eigenvalue weighted by atomic mass is 16.3. The fraction of sp³-hybridized carbons (Fsp3) is 0.294. The van der Waals surface area contributed by atoms with E-state index in [4.69, 9.17) is 0 Å². The van der Waals surface area contributed by atoms with Gasteiger partial charge < -0.3 is 5.11 Å². The van der Waals surface area contributed by atoms with Crippen LogP contribution in [0.15, 0.2) is 36.4 Å². The second kappa shape index (κ2) is 5.26. The molecule has 0 aliphatic rings. The Morgan fingerprint density at radius 2 is 1.56 bits per heavy atom. The molecule has 0 saturated heterocycles. The number of phenols is 1. The molecule has 94 valence electrons. The largest absolute Gasteiger partial charge is 0.508 e. The van der Waals surface area contributed by atoms with Crippen LogP contribution in [0.1, 0.15) is 30.5 Å². The van der Waals surface area contributed by atoms with E-state index in [9.17, 15) is 5.11 Å². The molecule has 0 aliphatic carbocycles. The van der Waals surface area contributed by atoms with Crippen LogP contribution in [0.5, 0.6) is 5.75 Å². The monoisotopic (exact) mass is 240 g/mol. The molecule has 1 heteroatoms. The van der Waals surface area contributed by atoms with Gasteiger partial charge >= 0.3 is 0 Å². The summed E-state index contributed by atoms with van der Waals surface area (Å²) in [4.78, 5) is 0. The van der Waals surface area contributed by atoms with Crippen LogP contribution in [0.2, 0.25) is 0 Å². The number of hydrogen-bond acceptors (Lipinski definition) is 1. The third-order valence-corrected chi connectivity index (χ3v) is 3.48. The zero-order chi connectivity index (χ0) is 13.1. The standard InChI is InChI=1S/C17H20O/c1-4-13-7-6-8-14(5-2)17(13)15-9-10-16(18)12(3)11-15/h6-11,18H,4-5H2,1-3H3. The lowest BCUT2D eigenvalue weighted by Crippen LogP contribution is -1.94. The first-order valence-electron chi connectivity index (χ1n) is 6.58. The molecule has 0 spiro atoms. The van der Waals surface area contributed by atoms with Crippen LogP contribution in [0.25, 0.3) is 11.1 Å². The molecule has 0 radical (unpaired) electrons.